The molecule has 1 atom stereocenters. The number of carbonyl (C=O) groups excluding carboxylic acids is 1. The summed E-state index contributed by atoms with van der Waals surface area (Å²) in [5.41, 5.74) is -0.236. The minimum absolute atomic E-state index is 0.0840. The van der Waals surface area contributed by atoms with Gasteiger partial charge in [0.1, 0.15) is 6.54 Å². The van der Waals surface area contributed by atoms with Gasteiger partial charge in [0.15, 0.2) is 5.96 Å². The van der Waals surface area contributed by atoms with Crippen LogP contribution in [0.3, 0.4) is 0 Å². The number of hydrogen-bond donors (Lipinski definition) is 3. The molecule has 0 bridgehead atoms. The molecule has 0 aromatic heterocycles. The van der Waals surface area contributed by atoms with Crippen LogP contribution < -0.4 is 16.0 Å². The van der Waals surface area contributed by atoms with E-state index in [0.29, 0.717) is 19.2 Å². The van der Waals surface area contributed by atoms with Crippen LogP contribution in [0.5, 0.6) is 0 Å². The Balaban J connectivity index is 2.21. The van der Waals surface area contributed by atoms with E-state index in [4.69, 9.17) is 9.47 Å². The van der Waals surface area contributed by atoms with E-state index in [2.05, 4.69) is 20.9 Å². The highest BCUT2D eigenvalue weighted by Crippen LogP contribution is 2.07. The number of hydrogen-bond acceptors (Lipinski definition) is 4. The minimum Gasteiger partial charge on any atom is -0.379 e. The van der Waals surface area contributed by atoms with Gasteiger partial charge >= 0.3 is 0 Å². The molecular weight excluding hydrogens is 296 g/mol. The van der Waals surface area contributed by atoms with Gasteiger partial charge in [0, 0.05) is 31.8 Å². The highest BCUT2D eigenvalue weighted by atomic mass is 16.5. The summed E-state index contributed by atoms with van der Waals surface area (Å²) in [6.45, 7) is 11.7. The van der Waals surface area contributed by atoms with E-state index in [0.717, 1.165) is 32.5 Å². The normalized spacial score (nSPS) is 18.8. The molecule has 1 rings (SSSR count). The van der Waals surface area contributed by atoms with Gasteiger partial charge in [0.05, 0.1) is 12.7 Å². The number of amides is 1. The first-order valence-electron chi connectivity index (χ1n) is 8.43. The zero-order chi connectivity index (χ0) is 17.1. The maximum absolute atomic E-state index is 11.8. The highest BCUT2D eigenvalue weighted by Gasteiger charge is 2.15. The molecule has 134 valence electrons. The van der Waals surface area contributed by atoms with Crippen molar-refractivity contribution in [1.82, 2.24) is 16.0 Å². The third kappa shape index (κ3) is 10.1. The molecule has 0 spiro atoms. The molecule has 7 heteroatoms. The number of aliphatic imine (C=N–C) groups is 1. The van der Waals surface area contributed by atoms with E-state index < -0.39 is 0 Å². The second kappa shape index (κ2) is 10.4. The van der Waals surface area contributed by atoms with Gasteiger partial charge in [-0.1, -0.05) is 0 Å². The second-order valence-corrected chi connectivity index (χ2v) is 6.63. The van der Waals surface area contributed by atoms with Gasteiger partial charge in [-0.2, -0.15) is 0 Å². The first kappa shape index (κ1) is 19.7. The predicted octanol–water partition coefficient (Wildman–Crippen LogP) is 0.652. The standard InChI is InChI=1S/C16H32N4O3/c1-5-17-15(19-11-14(21)20-16(2,3)4)18-8-6-9-23-13-7-10-22-12-13/h13H,5-12H2,1-4H3,(H,20,21)(H2,17,18,19). The lowest BCUT2D eigenvalue weighted by Gasteiger charge is -2.20. The van der Waals surface area contributed by atoms with E-state index in [1.165, 1.54) is 0 Å². The van der Waals surface area contributed by atoms with Crippen LogP contribution in [-0.2, 0) is 14.3 Å². The van der Waals surface area contributed by atoms with Crippen LogP contribution in [0.4, 0.5) is 0 Å². The van der Waals surface area contributed by atoms with E-state index in [1.54, 1.807) is 0 Å². The molecule has 0 saturated carbocycles. The van der Waals surface area contributed by atoms with E-state index >= 15 is 0 Å². The summed E-state index contributed by atoms with van der Waals surface area (Å²) in [6, 6.07) is 0. The zero-order valence-electron chi connectivity index (χ0n) is 14.9. The lowest BCUT2D eigenvalue weighted by molar-refractivity contribution is -0.121. The Bertz CT molecular complexity index is 374. The summed E-state index contributed by atoms with van der Waals surface area (Å²) in [6.07, 6.45) is 2.12. The lowest BCUT2D eigenvalue weighted by atomic mass is 10.1. The molecule has 1 fully saturated rings. The number of carbonyl (C=O) groups is 1. The molecule has 1 heterocycles. The van der Waals surface area contributed by atoms with Crippen molar-refractivity contribution in [1.29, 1.82) is 0 Å². The summed E-state index contributed by atoms with van der Waals surface area (Å²) < 4.78 is 11.0. The SMILES string of the molecule is CCNC(=NCC(=O)NC(C)(C)C)NCCCOC1CCOC1. The smallest absolute Gasteiger partial charge is 0.242 e. The van der Waals surface area contributed by atoms with Gasteiger partial charge in [0.25, 0.3) is 0 Å². The Kier molecular flexibility index (Phi) is 8.94. The zero-order valence-corrected chi connectivity index (χ0v) is 14.9. The molecule has 1 amide bonds. The molecule has 1 unspecified atom stereocenters. The van der Waals surface area contributed by atoms with Crippen molar-refractivity contribution < 1.29 is 14.3 Å². The van der Waals surface area contributed by atoms with Crippen LogP contribution in [-0.4, -0.2) is 63.0 Å². The Morgan fingerprint density at radius 3 is 2.74 bits per heavy atom. The van der Waals surface area contributed by atoms with Crippen molar-refractivity contribution in [2.45, 2.75) is 52.2 Å². The summed E-state index contributed by atoms with van der Waals surface area (Å²) in [5.74, 6) is 0.569. The quantitative estimate of drug-likeness (QED) is 0.346. The van der Waals surface area contributed by atoms with Gasteiger partial charge in [-0.3, -0.25) is 4.79 Å². The Morgan fingerprint density at radius 1 is 1.35 bits per heavy atom. The van der Waals surface area contributed by atoms with Gasteiger partial charge in [0.2, 0.25) is 5.91 Å². The molecule has 1 aliphatic rings. The minimum atomic E-state index is -0.236. The van der Waals surface area contributed by atoms with E-state index in [1.807, 2.05) is 27.7 Å². The third-order valence-electron chi connectivity index (χ3n) is 3.09. The fourth-order valence-corrected chi connectivity index (χ4v) is 2.12. The van der Waals surface area contributed by atoms with Crippen molar-refractivity contribution >= 4 is 11.9 Å². The second-order valence-electron chi connectivity index (χ2n) is 6.63. The molecule has 3 N–H and O–H groups in total. The Hall–Kier alpha value is -1.34. The summed E-state index contributed by atoms with van der Waals surface area (Å²) in [5, 5.41) is 9.23. The third-order valence-corrected chi connectivity index (χ3v) is 3.09. The van der Waals surface area contributed by atoms with Gasteiger partial charge in [-0.15, -0.1) is 0 Å². The van der Waals surface area contributed by atoms with E-state index in [9.17, 15) is 4.79 Å². The van der Waals surface area contributed by atoms with Crippen LogP contribution in [0.25, 0.3) is 0 Å². The number of nitrogens with one attached hydrogen (secondary N) is 3. The predicted molar refractivity (Wildman–Crippen MR) is 91.7 cm³/mol. The topological polar surface area (TPSA) is 84.0 Å². The fraction of sp³-hybridized carbons (Fsp3) is 0.875. The van der Waals surface area contributed by atoms with Crippen molar-refractivity contribution in [3.05, 3.63) is 0 Å². The van der Waals surface area contributed by atoms with Gasteiger partial charge in [-0.25, -0.2) is 4.99 Å². The Labute approximate surface area is 139 Å². The number of nitrogens with zero attached hydrogens (tertiary/aromatic N) is 1. The van der Waals surface area contributed by atoms with Gasteiger partial charge in [-0.05, 0) is 40.5 Å². The number of rotatable bonds is 8. The molecule has 1 saturated heterocycles. The van der Waals surface area contributed by atoms with Gasteiger partial charge < -0.3 is 25.4 Å². The van der Waals surface area contributed by atoms with Crippen molar-refractivity contribution in [3.8, 4) is 0 Å². The van der Waals surface area contributed by atoms with Crippen molar-refractivity contribution in [2.75, 3.05) is 39.5 Å². The van der Waals surface area contributed by atoms with Crippen LogP contribution in [0.1, 0.15) is 40.5 Å². The summed E-state index contributed by atoms with van der Waals surface area (Å²) >= 11 is 0. The van der Waals surface area contributed by atoms with Crippen LogP contribution in [0.15, 0.2) is 4.99 Å². The first-order chi connectivity index (χ1) is 10.9. The van der Waals surface area contributed by atoms with Crippen LogP contribution in [0.2, 0.25) is 0 Å². The van der Waals surface area contributed by atoms with Crippen LogP contribution >= 0.6 is 0 Å². The molecule has 0 aromatic carbocycles. The lowest BCUT2D eigenvalue weighted by Crippen LogP contribution is -2.43. The molecule has 7 nitrogen and oxygen atoms in total. The number of guanidine groups is 1. The maximum Gasteiger partial charge on any atom is 0.242 e. The van der Waals surface area contributed by atoms with E-state index in [-0.39, 0.29) is 24.1 Å². The molecular formula is C16H32N4O3. The average Bonchev–Trinajstić information content (AvgIpc) is 2.95. The van der Waals surface area contributed by atoms with Crippen molar-refractivity contribution in [2.24, 2.45) is 4.99 Å². The fourth-order valence-electron chi connectivity index (χ4n) is 2.12. The molecule has 0 radical (unpaired) electrons. The summed E-state index contributed by atoms with van der Waals surface area (Å²) in [4.78, 5) is 16.1. The monoisotopic (exact) mass is 328 g/mol. The molecule has 1 aliphatic heterocycles. The molecule has 0 aliphatic carbocycles. The largest absolute Gasteiger partial charge is 0.379 e. The maximum atomic E-state index is 11.8. The molecule has 23 heavy (non-hydrogen) atoms. The van der Waals surface area contributed by atoms with Crippen LogP contribution in [0, 0.1) is 0 Å². The van der Waals surface area contributed by atoms with Crippen molar-refractivity contribution in [3.63, 3.8) is 0 Å². The number of ether oxygens (including phenoxy) is 2. The summed E-state index contributed by atoms with van der Waals surface area (Å²) in [7, 11) is 0. The first-order valence-corrected chi connectivity index (χ1v) is 8.43. The average molecular weight is 328 g/mol. The highest BCUT2D eigenvalue weighted by molar-refractivity contribution is 5.85. The molecule has 0 aromatic rings. The Morgan fingerprint density at radius 2 is 2.13 bits per heavy atom.